The first-order valence-corrected chi connectivity index (χ1v) is 6.93. The number of hydrogen-bond acceptors (Lipinski definition) is 2. The van der Waals surface area contributed by atoms with E-state index in [0.29, 0.717) is 18.2 Å². The fraction of sp³-hybridized carbons (Fsp3) is 0.562. The first kappa shape index (κ1) is 11.9. The number of piperidine rings is 1. The topological polar surface area (TPSA) is 20.3 Å². The Hall–Kier alpha value is -1.15. The van der Waals surface area contributed by atoms with E-state index in [1.807, 2.05) is 6.07 Å². The van der Waals surface area contributed by atoms with E-state index in [4.69, 9.17) is 0 Å². The molecule has 2 aliphatic heterocycles. The summed E-state index contributed by atoms with van der Waals surface area (Å²) in [7, 11) is 0. The summed E-state index contributed by atoms with van der Waals surface area (Å²) in [6, 6.07) is 11.3. The van der Waals surface area contributed by atoms with Crippen molar-refractivity contribution in [1.82, 2.24) is 4.90 Å². The average Bonchev–Trinajstić information content (AvgIpc) is 2.65. The number of carbonyl (C=O) groups is 1. The van der Waals surface area contributed by atoms with Gasteiger partial charge in [-0.05, 0) is 32.3 Å². The van der Waals surface area contributed by atoms with Crippen LogP contribution in [0, 0.1) is 0 Å². The Labute approximate surface area is 109 Å². The third-order valence-corrected chi connectivity index (χ3v) is 4.59. The number of ketones is 1. The van der Waals surface area contributed by atoms with Gasteiger partial charge in [0.15, 0.2) is 0 Å². The van der Waals surface area contributed by atoms with Gasteiger partial charge < -0.3 is 0 Å². The Bertz CT molecular complexity index is 451. The summed E-state index contributed by atoms with van der Waals surface area (Å²) >= 11 is 0. The normalized spacial score (nSPS) is 31.3. The molecular formula is C16H21NO. The Morgan fingerprint density at radius 3 is 2.61 bits per heavy atom. The van der Waals surface area contributed by atoms with Crippen molar-refractivity contribution in [3.05, 3.63) is 35.9 Å². The van der Waals surface area contributed by atoms with Crippen LogP contribution < -0.4 is 0 Å². The molecule has 2 heterocycles. The number of rotatable bonds is 1. The van der Waals surface area contributed by atoms with Gasteiger partial charge in [0, 0.05) is 30.5 Å². The number of benzene rings is 1. The fourth-order valence-electron chi connectivity index (χ4n) is 3.77. The number of carbonyl (C=O) groups excluding carboxylic acids is 1. The Kier molecular flexibility index (Phi) is 2.78. The van der Waals surface area contributed by atoms with E-state index in [-0.39, 0.29) is 11.6 Å². The Morgan fingerprint density at radius 1 is 1.17 bits per heavy atom. The van der Waals surface area contributed by atoms with Crippen molar-refractivity contribution in [1.29, 1.82) is 0 Å². The van der Waals surface area contributed by atoms with E-state index in [1.54, 1.807) is 0 Å². The highest BCUT2D eigenvalue weighted by Crippen LogP contribution is 2.45. The Balaban J connectivity index is 1.98. The molecule has 0 aliphatic carbocycles. The lowest BCUT2D eigenvalue weighted by molar-refractivity contribution is -0.126. The quantitative estimate of drug-likeness (QED) is 0.754. The molecule has 2 atom stereocenters. The summed E-state index contributed by atoms with van der Waals surface area (Å²) < 4.78 is 0. The standard InChI is InChI=1S/C16H21NO/c1-16(2)9-8-13-10-14(18)11-15(17(13)16)12-6-4-3-5-7-12/h3-7,13,15H,8-11H2,1-2H3/t13-,15-/m0/s1. The van der Waals surface area contributed by atoms with Gasteiger partial charge in [0.2, 0.25) is 0 Å². The summed E-state index contributed by atoms with van der Waals surface area (Å²) in [6.45, 7) is 4.64. The van der Waals surface area contributed by atoms with Crippen LogP contribution in [-0.2, 0) is 4.79 Å². The van der Waals surface area contributed by atoms with Crippen molar-refractivity contribution in [3.63, 3.8) is 0 Å². The predicted molar refractivity (Wildman–Crippen MR) is 72.4 cm³/mol. The first-order valence-electron chi connectivity index (χ1n) is 6.93. The molecule has 0 spiro atoms. The highest BCUT2D eigenvalue weighted by molar-refractivity contribution is 5.81. The van der Waals surface area contributed by atoms with Crippen LogP contribution in [0.2, 0.25) is 0 Å². The van der Waals surface area contributed by atoms with Crippen molar-refractivity contribution in [3.8, 4) is 0 Å². The smallest absolute Gasteiger partial charge is 0.136 e. The van der Waals surface area contributed by atoms with Crippen LogP contribution >= 0.6 is 0 Å². The molecule has 1 aromatic rings. The van der Waals surface area contributed by atoms with Crippen molar-refractivity contribution in [2.75, 3.05) is 0 Å². The summed E-state index contributed by atoms with van der Waals surface area (Å²) in [6.07, 6.45) is 3.81. The van der Waals surface area contributed by atoms with Gasteiger partial charge in [0.05, 0.1) is 0 Å². The second kappa shape index (κ2) is 4.20. The van der Waals surface area contributed by atoms with Crippen molar-refractivity contribution >= 4 is 5.78 Å². The van der Waals surface area contributed by atoms with Gasteiger partial charge in [-0.15, -0.1) is 0 Å². The van der Waals surface area contributed by atoms with Crippen LogP contribution in [0.25, 0.3) is 0 Å². The van der Waals surface area contributed by atoms with Crippen LogP contribution in [0.5, 0.6) is 0 Å². The van der Waals surface area contributed by atoms with Crippen LogP contribution in [0.1, 0.15) is 51.1 Å². The molecule has 2 heteroatoms. The maximum atomic E-state index is 12.0. The molecule has 2 saturated heterocycles. The lowest BCUT2D eigenvalue weighted by Gasteiger charge is -2.45. The molecule has 0 unspecified atom stereocenters. The number of nitrogens with zero attached hydrogens (tertiary/aromatic N) is 1. The molecule has 0 amide bonds. The van der Waals surface area contributed by atoms with Crippen LogP contribution in [-0.4, -0.2) is 22.3 Å². The average molecular weight is 243 g/mol. The maximum Gasteiger partial charge on any atom is 0.136 e. The first-order chi connectivity index (χ1) is 8.58. The van der Waals surface area contributed by atoms with E-state index in [0.717, 1.165) is 6.42 Å². The number of hydrogen-bond donors (Lipinski definition) is 0. The van der Waals surface area contributed by atoms with Gasteiger partial charge in [-0.3, -0.25) is 9.69 Å². The van der Waals surface area contributed by atoms with Gasteiger partial charge >= 0.3 is 0 Å². The molecule has 96 valence electrons. The molecule has 0 bridgehead atoms. The lowest BCUT2D eigenvalue weighted by Crippen LogP contribution is -2.49. The number of Topliss-reactive ketones (excluding diaryl/α,β-unsaturated/α-hetero) is 1. The van der Waals surface area contributed by atoms with E-state index in [1.165, 1.54) is 18.4 Å². The number of fused-ring (bicyclic) bond motifs is 1. The predicted octanol–water partition coefficient (Wildman–Crippen LogP) is 3.33. The maximum absolute atomic E-state index is 12.0. The Morgan fingerprint density at radius 2 is 1.89 bits per heavy atom. The molecule has 3 rings (SSSR count). The van der Waals surface area contributed by atoms with E-state index < -0.39 is 0 Å². The molecule has 2 nitrogen and oxygen atoms in total. The minimum Gasteiger partial charge on any atom is -0.300 e. The van der Waals surface area contributed by atoms with Gasteiger partial charge in [-0.2, -0.15) is 0 Å². The molecular weight excluding hydrogens is 222 g/mol. The summed E-state index contributed by atoms with van der Waals surface area (Å²) in [5.74, 6) is 0.433. The summed E-state index contributed by atoms with van der Waals surface area (Å²) in [5, 5.41) is 0. The molecule has 2 aliphatic rings. The van der Waals surface area contributed by atoms with E-state index >= 15 is 0 Å². The third-order valence-electron chi connectivity index (χ3n) is 4.59. The molecule has 0 saturated carbocycles. The largest absolute Gasteiger partial charge is 0.300 e. The van der Waals surface area contributed by atoms with Crippen LogP contribution in [0.3, 0.4) is 0 Å². The third kappa shape index (κ3) is 1.89. The summed E-state index contributed by atoms with van der Waals surface area (Å²) in [5.41, 5.74) is 1.52. The van der Waals surface area contributed by atoms with Crippen LogP contribution in [0.15, 0.2) is 30.3 Å². The van der Waals surface area contributed by atoms with Crippen molar-refractivity contribution in [2.45, 2.75) is 57.2 Å². The summed E-state index contributed by atoms with van der Waals surface area (Å²) in [4.78, 5) is 14.6. The van der Waals surface area contributed by atoms with Crippen molar-refractivity contribution in [2.24, 2.45) is 0 Å². The zero-order valence-electron chi connectivity index (χ0n) is 11.2. The highest BCUT2D eigenvalue weighted by Gasteiger charge is 2.47. The molecule has 2 fully saturated rings. The molecule has 0 aromatic heterocycles. The van der Waals surface area contributed by atoms with Gasteiger partial charge in [0.1, 0.15) is 5.78 Å². The van der Waals surface area contributed by atoms with E-state index in [2.05, 4.69) is 43.0 Å². The second-order valence-electron chi connectivity index (χ2n) is 6.29. The zero-order valence-corrected chi connectivity index (χ0v) is 11.2. The van der Waals surface area contributed by atoms with Crippen LogP contribution in [0.4, 0.5) is 0 Å². The highest BCUT2D eigenvalue weighted by atomic mass is 16.1. The van der Waals surface area contributed by atoms with Gasteiger partial charge in [-0.25, -0.2) is 0 Å². The molecule has 18 heavy (non-hydrogen) atoms. The van der Waals surface area contributed by atoms with E-state index in [9.17, 15) is 4.79 Å². The van der Waals surface area contributed by atoms with Gasteiger partial charge in [0.25, 0.3) is 0 Å². The van der Waals surface area contributed by atoms with Gasteiger partial charge in [-0.1, -0.05) is 30.3 Å². The zero-order chi connectivity index (χ0) is 12.8. The molecule has 0 radical (unpaired) electrons. The fourth-order valence-corrected chi connectivity index (χ4v) is 3.77. The second-order valence-corrected chi connectivity index (χ2v) is 6.29. The minimum atomic E-state index is 0.228. The SMILES string of the molecule is CC1(C)CC[C@H]2CC(=O)C[C@@H](c3ccccc3)N21. The minimum absolute atomic E-state index is 0.228. The lowest BCUT2D eigenvalue weighted by atomic mass is 9.89. The molecule has 0 N–H and O–H groups in total. The molecule has 1 aromatic carbocycles. The monoisotopic (exact) mass is 243 g/mol. The van der Waals surface area contributed by atoms with Crippen molar-refractivity contribution < 1.29 is 4.79 Å².